The average Bonchev–Trinajstić information content (AvgIpc) is 3.41. The second-order valence-corrected chi connectivity index (χ2v) is 9.84. The summed E-state index contributed by atoms with van der Waals surface area (Å²) in [7, 11) is 3.19. The zero-order valence-electron chi connectivity index (χ0n) is 21.3. The Morgan fingerprint density at radius 3 is 2.51 bits per heavy atom. The van der Waals surface area contributed by atoms with Crippen molar-refractivity contribution in [2.45, 2.75) is 19.9 Å². The van der Waals surface area contributed by atoms with Gasteiger partial charge in [0.15, 0.2) is 11.5 Å². The summed E-state index contributed by atoms with van der Waals surface area (Å²) in [5.74, 6) is 1.13. The van der Waals surface area contributed by atoms with Crippen LogP contribution in [0, 0.1) is 6.92 Å². The normalized spacial score (nSPS) is 10.5. The van der Waals surface area contributed by atoms with E-state index in [9.17, 15) is 9.59 Å². The van der Waals surface area contributed by atoms with E-state index in [1.165, 1.54) is 4.90 Å². The molecule has 7 nitrogen and oxygen atoms in total. The largest absolute Gasteiger partial charge is 0.493 e. The highest BCUT2D eigenvalue weighted by Gasteiger charge is 2.22. The standard InChI is InChI=1S/C28H32ClN3O4S/c1-5-13-32(28(34)30-22-10-8-20(2)24(29)17-22)19-27(33)31(18-23-7-6-15-37-23)14-12-21-9-11-25(35-3)26(16-21)36-4/h5-11,15-17H,1,12-14,18-19H2,2-4H3,(H,30,34). The first-order chi connectivity index (χ1) is 17.8. The number of benzene rings is 2. The van der Waals surface area contributed by atoms with Crippen molar-refractivity contribution in [3.05, 3.63) is 87.6 Å². The van der Waals surface area contributed by atoms with E-state index in [1.807, 2.05) is 48.7 Å². The maximum atomic E-state index is 13.5. The summed E-state index contributed by atoms with van der Waals surface area (Å²) in [5, 5.41) is 5.37. The number of halogens is 1. The number of nitrogens with one attached hydrogen (secondary N) is 1. The molecule has 0 saturated heterocycles. The van der Waals surface area contributed by atoms with E-state index < -0.39 is 6.03 Å². The zero-order valence-corrected chi connectivity index (χ0v) is 22.9. The molecule has 0 aliphatic carbocycles. The van der Waals surface area contributed by atoms with Crippen LogP contribution in [0.4, 0.5) is 10.5 Å². The quantitative estimate of drug-likeness (QED) is 0.285. The van der Waals surface area contributed by atoms with Gasteiger partial charge in [0.1, 0.15) is 6.54 Å². The van der Waals surface area contributed by atoms with Crippen molar-refractivity contribution in [1.82, 2.24) is 9.80 Å². The van der Waals surface area contributed by atoms with Gasteiger partial charge in [0.25, 0.3) is 0 Å². The molecule has 196 valence electrons. The second kappa shape index (κ2) is 13.7. The minimum atomic E-state index is -0.399. The summed E-state index contributed by atoms with van der Waals surface area (Å²) in [6, 6.07) is 14.6. The van der Waals surface area contributed by atoms with E-state index in [0.717, 1.165) is 16.0 Å². The molecule has 1 aromatic heterocycles. The third-order valence-electron chi connectivity index (χ3n) is 5.78. The van der Waals surface area contributed by atoms with Crippen molar-refractivity contribution >= 4 is 40.6 Å². The zero-order chi connectivity index (χ0) is 26.8. The summed E-state index contributed by atoms with van der Waals surface area (Å²) >= 11 is 7.79. The Hall–Kier alpha value is -3.49. The number of methoxy groups -OCH3 is 2. The van der Waals surface area contributed by atoms with Gasteiger partial charge in [-0.15, -0.1) is 17.9 Å². The first-order valence-corrected chi connectivity index (χ1v) is 13.0. The number of nitrogens with zero attached hydrogens (tertiary/aromatic N) is 2. The van der Waals surface area contributed by atoms with Crippen LogP contribution in [-0.2, 0) is 17.8 Å². The van der Waals surface area contributed by atoms with Crippen LogP contribution in [0.15, 0.2) is 66.6 Å². The molecule has 0 aliphatic rings. The average molecular weight is 542 g/mol. The van der Waals surface area contributed by atoms with Gasteiger partial charge in [-0.2, -0.15) is 0 Å². The highest BCUT2D eigenvalue weighted by molar-refractivity contribution is 7.09. The summed E-state index contributed by atoms with van der Waals surface area (Å²) in [6.45, 7) is 6.70. The molecular weight excluding hydrogens is 510 g/mol. The van der Waals surface area contributed by atoms with Crippen LogP contribution in [0.2, 0.25) is 5.02 Å². The van der Waals surface area contributed by atoms with Gasteiger partial charge in [-0.05, 0) is 60.2 Å². The first kappa shape index (κ1) is 28.1. The number of ether oxygens (including phenoxy) is 2. The summed E-state index contributed by atoms with van der Waals surface area (Å²) in [4.78, 5) is 30.7. The molecule has 3 rings (SSSR count). The van der Waals surface area contributed by atoms with Crippen molar-refractivity contribution in [2.75, 3.05) is 39.2 Å². The molecular formula is C28H32ClN3O4S. The van der Waals surface area contributed by atoms with Gasteiger partial charge >= 0.3 is 6.03 Å². The molecule has 0 atom stereocenters. The molecule has 1 N–H and O–H groups in total. The Kier molecular flexibility index (Phi) is 10.4. The molecule has 1 heterocycles. The monoisotopic (exact) mass is 541 g/mol. The van der Waals surface area contributed by atoms with E-state index in [4.69, 9.17) is 21.1 Å². The fraction of sp³-hybridized carbons (Fsp3) is 0.286. The lowest BCUT2D eigenvalue weighted by atomic mass is 10.1. The minimum Gasteiger partial charge on any atom is -0.493 e. The summed E-state index contributed by atoms with van der Waals surface area (Å²) in [6.07, 6.45) is 2.22. The van der Waals surface area contributed by atoms with E-state index >= 15 is 0 Å². The van der Waals surface area contributed by atoms with Crippen LogP contribution < -0.4 is 14.8 Å². The Labute approximate surface area is 227 Å². The smallest absolute Gasteiger partial charge is 0.322 e. The molecule has 2 aromatic carbocycles. The highest BCUT2D eigenvalue weighted by Crippen LogP contribution is 2.28. The maximum absolute atomic E-state index is 13.5. The molecule has 3 aromatic rings. The molecule has 0 fully saturated rings. The van der Waals surface area contributed by atoms with Crippen LogP contribution in [0.3, 0.4) is 0 Å². The molecule has 0 bridgehead atoms. The van der Waals surface area contributed by atoms with Gasteiger partial charge in [-0.25, -0.2) is 4.79 Å². The lowest BCUT2D eigenvalue weighted by molar-refractivity contribution is -0.132. The first-order valence-electron chi connectivity index (χ1n) is 11.8. The van der Waals surface area contributed by atoms with Crippen LogP contribution in [0.25, 0.3) is 0 Å². The number of carbonyl (C=O) groups is 2. The Morgan fingerprint density at radius 1 is 1.08 bits per heavy atom. The maximum Gasteiger partial charge on any atom is 0.322 e. The van der Waals surface area contributed by atoms with Gasteiger partial charge in [-0.1, -0.05) is 35.9 Å². The fourth-order valence-electron chi connectivity index (χ4n) is 3.69. The van der Waals surface area contributed by atoms with E-state index in [1.54, 1.807) is 48.7 Å². The highest BCUT2D eigenvalue weighted by atomic mass is 35.5. The molecule has 37 heavy (non-hydrogen) atoms. The number of carbonyl (C=O) groups excluding carboxylic acids is 2. The molecule has 0 aliphatic heterocycles. The topological polar surface area (TPSA) is 71.1 Å². The van der Waals surface area contributed by atoms with Gasteiger partial charge in [0.2, 0.25) is 5.91 Å². The molecule has 0 radical (unpaired) electrons. The number of rotatable bonds is 12. The van der Waals surface area contributed by atoms with E-state index in [2.05, 4.69) is 11.9 Å². The fourth-order valence-corrected chi connectivity index (χ4v) is 4.59. The third-order valence-corrected chi connectivity index (χ3v) is 7.05. The number of hydrogen-bond donors (Lipinski definition) is 1. The van der Waals surface area contributed by atoms with Crippen molar-refractivity contribution in [3.63, 3.8) is 0 Å². The molecule has 0 unspecified atom stereocenters. The number of urea groups is 1. The van der Waals surface area contributed by atoms with Gasteiger partial charge in [0.05, 0.1) is 20.8 Å². The molecule has 0 spiro atoms. The van der Waals surface area contributed by atoms with Crippen LogP contribution in [0.1, 0.15) is 16.0 Å². The van der Waals surface area contributed by atoms with Crippen LogP contribution >= 0.6 is 22.9 Å². The number of amides is 3. The predicted molar refractivity (Wildman–Crippen MR) is 150 cm³/mol. The third kappa shape index (κ3) is 8.00. The van der Waals surface area contributed by atoms with Crippen molar-refractivity contribution < 1.29 is 19.1 Å². The SMILES string of the molecule is C=CCN(CC(=O)N(CCc1ccc(OC)c(OC)c1)Cc1cccs1)C(=O)Nc1ccc(C)c(Cl)c1. The van der Waals surface area contributed by atoms with Crippen molar-refractivity contribution in [3.8, 4) is 11.5 Å². The molecule has 0 saturated carbocycles. The summed E-state index contributed by atoms with van der Waals surface area (Å²) < 4.78 is 10.7. The molecule has 3 amide bonds. The number of aryl methyl sites for hydroxylation is 1. The molecule has 9 heteroatoms. The number of anilines is 1. The predicted octanol–water partition coefficient (Wildman–Crippen LogP) is 6.02. The lowest BCUT2D eigenvalue weighted by Gasteiger charge is -2.27. The van der Waals surface area contributed by atoms with Gasteiger partial charge in [0, 0.05) is 28.7 Å². The lowest BCUT2D eigenvalue weighted by Crippen LogP contribution is -2.44. The Balaban J connectivity index is 1.73. The Bertz CT molecular complexity index is 1220. The summed E-state index contributed by atoms with van der Waals surface area (Å²) in [5.41, 5.74) is 2.49. The van der Waals surface area contributed by atoms with Crippen molar-refractivity contribution in [1.29, 1.82) is 0 Å². The van der Waals surface area contributed by atoms with E-state index in [-0.39, 0.29) is 19.0 Å². The van der Waals surface area contributed by atoms with Crippen LogP contribution in [0.5, 0.6) is 11.5 Å². The Morgan fingerprint density at radius 2 is 1.86 bits per heavy atom. The number of thiophene rings is 1. The van der Waals surface area contributed by atoms with Crippen molar-refractivity contribution in [2.24, 2.45) is 0 Å². The minimum absolute atomic E-state index is 0.0885. The van der Waals surface area contributed by atoms with Gasteiger partial charge < -0.3 is 24.6 Å². The second-order valence-electron chi connectivity index (χ2n) is 8.40. The van der Waals surface area contributed by atoms with E-state index in [0.29, 0.717) is 41.7 Å². The number of hydrogen-bond acceptors (Lipinski definition) is 5. The van der Waals surface area contributed by atoms with Gasteiger partial charge in [-0.3, -0.25) is 4.79 Å². The van der Waals surface area contributed by atoms with Crippen LogP contribution in [-0.4, -0.2) is 55.6 Å².